The van der Waals surface area contributed by atoms with Crippen LogP contribution in [0.2, 0.25) is 0 Å². The molecule has 0 heterocycles. The van der Waals surface area contributed by atoms with E-state index in [4.69, 9.17) is 0 Å². The van der Waals surface area contributed by atoms with Gasteiger partial charge in [0.1, 0.15) is 5.82 Å². The number of aliphatic hydroxyl groups excluding tert-OH is 1. The molecule has 3 aliphatic carbocycles. The molecule has 0 radical (unpaired) electrons. The molecule has 184 valence electrons. The number of aliphatic hydroxyl groups is 1. The summed E-state index contributed by atoms with van der Waals surface area (Å²) in [5.41, 5.74) is 0.891. The van der Waals surface area contributed by atoms with Crippen molar-refractivity contribution in [2.75, 3.05) is 13.1 Å². The maximum Gasteiger partial charge on any atom is 0.126 e. The second-order valence-corrected chi connectivity index (χ2v) is 11.4. The standard InChI is InChI=1S/C30H46FNO/c1-23(33)20-26-16-17-30(28(21-26)27-14-8-9-15-29(27)31)32(22-25-12-6-3-7-13-25)19-18-24-10-4-2-5-11-24/h8-9,14-15,24-26,28,30,33H,1-7,10-13,16-22H2/t26-,28-,30+/m0/s1. The van der Waals surface area contributed by atoms with Crippen LogP contribution in [0.15, 0.2) is 36.6 Å². The lowest BCUT2D eigenvalue weighted by Gasteiger charge is -2.45. The Morgan fingerprint density at radius 1 is 0.879 bits per heavy atom. The van der Waals surface area contributed by atoms with Gasteiger partial charge in [-0.05, 0) is 74.5 Å². The third-order valence-electron chi connectivity index (χ3n) is 8.99. The van der Waals surface area contributed by atoms with Crippen molar-refractivity contribution in [3.05, 3.63) is 48.0 Å². The second kappa shape index (κ2) is 12.4. The van der Waals surface area contributed by atoms with Crippen LogP contribution in [0.25, 0.3) is 0 Å². The highest BCUT2D eigenvalue weighted by Crippen LogP contribution is 2.43. The molecular weight excluding hydrogens is 409 g/mol. The molecule has 0 unspecified atom stereocenters. The van der Waals surface area contributed by atoms with Crippen molar-refractivity contribution in [3.8, 4) is 0 Å². The van der Waals surface area contributed by atoms with Crippen LogP contribution in [0.3, 0.4) is 0 Å². The second-order valence-electron chi connectivity index (χ2n) is 11.4. The van der Waals surface area contributed by atoms with Crippen LogP contribution in [-0.2, 0) is 0 Å². The van der Waals surface area contributed by atoms with Gasteiger partial charge in [0.2, 0.25) is 0 Å². The summed E-state index contributed by atoms with van der Waals surface area (Å²) in [6.45, 7) is 6.12. The first kappa shape index (κ1) is 24.8. The average molecular weight is 456 g/mol. The monoisotopic (exact) mass is 455 g/mol. The van der Waals surface area contributed by atoms with Crippen molar-refractivity contribution in [2.45, 2.75) is 108 Å². The molecule has 3 atom stereocenters. The minimum atomic E-state index is -0.0547. The molecule has 3 fully saturated rings. The normalized spacial score (nSPS) is 27.6. The van der Waals surface area contributed by atoms with Crippen molar-refractivity contribution < 1.29 is 9.50 Å². The Kier molecular flexibility index (Phi) is 9.29. The lowest BCUT2D eigenvalue weighted by atomic mass is 9.72. The van der Waals surface area contributed by atoms with Crippen LogP contribution in [0.5, 0.6) is 0 Å². The number of halogens is 1. The van der Waals surface area contributed by atoms with Crippen LogP contribution in [0, 0.1) is 23.6 Å². The van der Waals surface area contributed by atoms with Gasteiger partial charge in [-0.1, -0.05) is 76.1 Å². The molecule has 0 bridgehead atoms. The fraction of sp³-hybridized carbons (Fsp3) is 0.733. The SMILES string of the molecule is C=C(O)C[C@@H]1CC[C@@H](N(CCC2CCCCC2)CC2CCCCC2)[C@H](c2ccccc2F)C1. The largest absolute Gasteiger partial charge is 0.513 e. The number of benzene rings is 1. The number of allylic oxidation sites excluding steroid dienone is 1. The van der Waals surface area contributed by atoms with E-state index >= 15 is 4.39 Å². The highest BCUT2D eigenvalue weighted by Gasteiger charge is 2.37. The summed E-state index contributed by atoms with van der Waals surface area (Å²) < 4.78 is 15.1. The molecule has 33 heavy (non-hydrogen) atoms. The number of nitrogens with zero attached hydrogens (tertiary/aromatic N) is 1. The van der Waals surface area contributed by atoms with Crippen molar-refractivity contribution in [1.29, 1.82) is 0 Å². The smallest absolute Gasteiger partial charge is 0.126 e. The van der Waals surface area contributed by atoms with E-state index in [2.05, 4.69) is 11.5 Å². The number of rotatable bonds is 9. The van der Waals surface area contributed by atoms with E-state index in [1.54, 1.807) is 6.07 Å². The maximum absolute atomic E-state index is 15.1. The Morgan fingerprint density at radius 3 is 2.21 bits per heavy atom. The van der Waals surface area contributed by atoms with Crippen LogP contribution >= 0.6 is 0 Å². The van der Waals surface area contributed by atoms with E-state index < -0.39 is 0 Å². The third-order valence-corrected chi connectivity index (χ3v) is 8.99. The minimum Gasteiger partial charge on any atom is -0.513 e. The lowest BCUT2D eigenvalue weighted by molar-refractivity contribution is 0.0788. The summed E-state index contributed by atoms with van der Waals surface area (Å²) in [5, 5.41) is 9.86. The molecule has 0 saturated heterocycles. The summed E-state index contributed by atoms with van der Waals surface area (Å²) in [4.78, 5) is 2.81. The van der Waals surface area contributed by atoms with Gasteiger partial charge >= 0.3 is 0 Å². The first-order chi connectivity index (χ1) is 16.1. The van der Waals surface area contributed by atoms with Gasteiger partial charge in [-0.15, -0.1) is 0 Å². The summed E-state index contributed by atoms with van der Waals surface area (Å²) in [7, 11) is 0. The molecule has 0 aromatic heterocycles. The van der Waals surface area contributed by atoms with Gasteiger partial charge in [0, 0.05) is 24.9 Å². The van der Waals surface area contributed by atoms with Crippen molar-refractivity contribution in [2.24, 2.45) is 17.8 Å². The Hall–Kier alpha value is -1.35. The molecular formula is C30H46FNO. The Labute approximate surface area is 201 Å². The Bertz CT molecular complexity index is 737. The lowest BCUT2D eigenvalue weighted by Crippen LogP contribution is -2.46. The average Bonchev–Trinajstić information content (AvgIpc) is 2.83. The quantitative estimate of drug-likeness (QED) is 0.378. The summed E-state index contributed by atoms with van der Waals surface area (Å²) in [6, 6.07) is 7.87. The van der Waals surface area contributed by atoms with Gasteiger partial charge in [-0.2, -0.15) is 0 Å². The van der Waals surface area contributed by atoms with Gasteiger partial charge in [-0.25, -0.2) is 4.39 Å². The maximum atomic E-state index is 15.1. The zero-order valence-corrected chi connectivity index (χ0v) is 20.7. The molecule has 3 heteroatoms. The van der Waals surface area contributed by atoms with E-state index in [1.807, 2.05) is 18.2 Å². The van der Waals surface area contributed by atoms with Crippen LogP contribution in [0.4, 0.5) is 4.39 Å². The fourth-order valence-electron chi connectivity index (χ4n) is 7.23. The molecule has 0 aliphatic heterocycles. The van der Waals surface area contributed by atoms with Crippen LogP contribution in [-0.4, -0.2) is 29.1 Å². The first-order valence-electron chi connectivity index (χ1n) is 14.0. The first-order valence-corrected chi connectivity index (χ1v) is 14.0. The Morgan fingerprint density at radius 2 is 1.55 bits per heavy atom. The predicted octanol–water partition coefficient (Wildman–Crippen LogP) is 8.39. The van der Waals surface area contributed by atoms with Gasteiger partial charge < -0.3 is 5.11 Å². The summed E-state index contributed by atoms with van der Waals surface area (Å²) in [6.07, 6.45) is 19.0. The van der Waals surface area contributed by atoms with Crippen molar-refractivity contribution in [1.82, 2.24) is 4.90 Å². The van der Waals surface area contributed by atoms with Gasteiger partial charge in [0.25, 0.3) is 0 Å². The molecule has 0 amide bonds. The molecule has 3 saturated carbocycles. The van der Waals surface area contributed by atoms with E-state index in [-0.39, 0.29) is 17.5 Å². The third kappa shape index (κ3) is 7.07. The zero-order valence-electron chi connectivity index (χ0n) is 20.7. The molecule has 2 nitrogen and oxygen atoms in total. The van der Waals surface area contributed by atoms with E-state index in [1.165, 1.54) is 83.7 Å². The van der Waals surface area contributed by atoms with Crippen molar-refractivity contribution in [3.63, 3.8) is 0 Å². The van der Waals surface area contributed by atoms with E-state index in [0.29, 0.717) is 18.4 Å². The van der Waals surface area contributed by atoms with Crippen LogP contribution in [0.1, 0.15) is 108 Å². The van der Waals surface area contributed by atoms with E-state index in [0.717, 1.165) is 36.7 Å². The zero-order chi connectivity index (χ0) is 23.0. The molecule has 3 aliphatic rings. The minimum absolute atomic E-state index is 0.0547. The number of hydrogen-bond donors (Lipinski definition) is 1. The molecule has 1 aromatic carbocycles. The van der Waals surface area contributed by atoms with Crippen molar-refractivity contribution >= 4 is 0 Å². The predicted molar refractivity (Wildman–Crippen MR) is 136 cm³/mol. The van der Waals surface area contributed by atoms with Crippen LogP contribution < -0.4 is 0 Å². The number of hydrogen-bond acceptors (Lipinski definition) is 2. The van der Waals surface area contributed by atoms with Gasteiger partial charge in [0.05, 0.1) is 5.76 Å². The fourth-order valence-corrected chi connectivity index (χ4v) is 7.23. The highest BCUT2D eigenvalue weighted by molar-refractivity contribution is 5.24. The van der Waals surface area contributed by atoms with Gasteiger partial charge in [0.15, 0.2) is 0 Å². The molecule has 4 rings (SSSR count). The summed E-state index contributed by atoms with van der Waals surface area (Å²) in [5.74, 6) is 2.52. The Balaban J connectivity index is 1.54. The molecule has 0 spiro atoms. The topological polar surface area (TPSA) is 23.5 Å². The summed E-state index contributed by atoms with van der Waals surface area (Å²) >= 11 is 0. The molecule has 1 aromatic rings. The molecule has 1 N–H and O–H groups in total. The van der Waals surface area contributed by atoms with Gasteiger partial charge in [-0.3, -0.25) is 4.90 Å². The highest BCUT2D eigenvalue weighted by atomic mass is 19.1. The van der Waals surface area contributed by atoms with E-state index in [9.17, 15) is 5.11 Å².